The van der Waals surface area contributed by atoms with E-state index >= 15 is 0 Å². The first-order valence-corrected chi connectivity index (χ1v) is 12.2. The van der Waals surface area contributed by atoms with E-state index in [4.69, 9.17) is 15.2 Å². The van der Waals surface area contributed by atoms with E-state index in [9.17, 15) is 9.59 Å². The molecule has 1 saturated carbocycles. The number of rotatable bonds is 11. The Balaban J connectivity index is 1.76. The van der Waals surface area contributed by atoms with Gasteiger partial charge in [0.15, 0.2) is 5.96 Å². The molecule has 1 aliphatic rings. The average Bonchev–Trinajstić information content (AvgIpc) is 3.41. The molecule has 3 rings (SSSR count). The number of hydrogen-bond acceptors (Lipinski definition) is 5. The number of aryl methyl sites for hydroxylation is 1. The van der Waals surface area contributed by atoms with Gasteiger partial charge in [-0.25, -0.2) is 0 Å². The molecule has 2 amide bonds. The molecule has 0 bridgehead atoms. The molecular formula is C27H36N4O4. The zero-order valence-electron chi connectivity index (χ0n) is 20.6. The number of hydrogen-bond donors (Lipinski definition) is 3. The Labute approximate surface area is 207 Å². The highest BCUT2D eigenvalue weighted by Crippen LogP contribution is 2.33. The number of ether oxygens (including phenoxy) is 2. The Morgan fingerprint density at radius 3 is 2.66 bits per heavy atom. The summed E-state index contributed by atoms with van der Waals surface area (Å²) in [5.41, 5.74) is 9.20. The highest BCUT2D eigenvalue weighted by Gasteiger charge is 2.22. The molecule has 0 radical (unpaired) electrons. The maximum Gasteiger partial charge on any atom is 0.227 e. The van der Waals surface area contributed by atoms with Gasteiger partial charge in [-0.2, -0.15) is 0 Å². The van der Waals surface area contributed by atoms with Crippen LogP contribution in [0.3, 0.4) is 0 Å². The number of aliphatic imine (C=N–C) groups is 1. The van der Waals surface area contributed by atoms with Crippen LogP contribution in [0.5, 0.6) is 5.75 Å². The van der Waals surface area contributed by atoms with Gasteiger partial charge >= 0.3 is 0 Å². The topological polar surface area (TPSA) is 115 Å². The second kappa shape index (κ2) is 13.5. The molecular weight excluding hydrogens is 444 g/mol. The number of methoxy groups -OCH3 is 1. The first-order valence-electron chi connectivity index (χ1n) is 12.2. The molecule has 1 fully saturated rings. The van der Waals surface area contributed by atoms with E-state index in [2.05, 4.69) is 15.6 Å². The largest absolute Gasteiger partial charge is 0.493 e. The summed E-state index contributed by atoms with van der Waals surface area (Å²) in [5.74, 6) is 0.845. The summed E-state index contributed by atoms with van der Waals surface area (Å²) in [6.45, 7) is 1.12. The van der Waals surface area contributed by atoms with Crippen molar-refractivity contribution >= 4 is 23.5 Å². The van der Waals surface area contributed by atoms with E-state index in [1.807, 2.05) is 42.5 Å². The minimum absolute atomic E-state index is 0.0954. The van der Waals surface area contributed by atoms with Crippen molar-refractivity contribution in [3.8, 4) is 16.9 Å². The summed E-state index contributed by atoms with van der Waals surface area (Å²) >= 11 is 0. The fourth-order valence-electron chi connectivity index (χ4n) is 4.18. The Morgan fingerprint density at radius 2 is 1.91 bits per heavy atom. The van der Waals surface area contributed by atoms with Crippen molar-refractivity contribution in [1.82, 2.24) is 5.32 Å². The predicted molar refractivity (Wildman–Crippen MR) is 138 cm³/mol. The van der Waals surface area contributed by atoms with Crippen molar-refractivity contribution in [3.63, 3.8) is 0 Å². The molecule has 35 heavy (non-hydrogen) atoms. The molecule has 0 spiro atoms. The lowest BCUT2D eigenvalue weighted by molar-refractivity contribution is -0.120. The highest BCUT2D eigenvalue weighted by atomic mass is 16.5. The van der Waals surface area contributed by atoms with Crippen LogP contribution >= 0.6 is 0 Å². The lowest BCUT2D eigenvalue weighted by atomic mass is 10.00. The Morgan fingerprint density at radius 1 is 1.11 bits per heavy atom. The van der Waals surface area contributed by atoms with Crippen molar-refractivity contribution in [3.05, 3.63) is 48.0 Å². The zero-order valence-corrected chi connectivity index (χ0v) is 20.6. The SMILES string of the molecule is CN=C(N)NC(=O)CCc1ccc(-c2cccc(NC(=O)C3CCCC3)c2)c(OCCCOC)c1. The molecule has 2 aromatic carbocycles. The van der Waals surface area contributed by atoms with E-state index in [-0.39, 0.29) is 30.1 Å². The monoisotopic (exact) mass is 480 g/mol. The molecule has 188 valence electrons. The Hall–Kier alpha value is -3.39. The number of nitrogens with two attached hydrogens (primary N) is 1. The van der Waals surface area contributed by atoms with Gasteiger partial charge in [0.2, 0.25) is 11.8 Å². The first kappa shape index (κ1) is 26.2. The van der Waals surface area contributed by atoms with E-state index in [1.165, 1.54) is 7.05 Å². The zero-order chi connectivity index (χ0) is 25.0. The van der Waals surface area contributed by atoms with Crippen LogP contribution in [0.15, 0.2) is 47.5 Å². The third-order valence-electron chi connectivity index (χ3n) is 6.11. The number of nitrogens with zero attached hydrogens (tertiary/aromatic N) is 1. The van der Waals surface area contributed by atoms with Crippen molar-refractivity contribution in [2.75, 3.05) is 32.7 Å². The third kappa shape index (κ3) is 8.10. The minimum atomic E-state index is -0.189. The van der Waals surface area contributed by atoms with E-state index in [0.717, 1.165) is 60.2 Å². The van der Waals surface area contributed by atoms with Crippen LogP contribution in [0.4, 0.5) is 5.69 Å². The second-order valence-corrected chi connectivity index (χ2v) is 8.73. The van der Waals surface area contributed by atoms with Gasteiger partial charge in [0.25, 0.3) is 0 Å². The number of anilines is 1. The van der Waals surface area contributed by atoms with Crippen molar-refractivity contribution in [2.24, 2.45) is 16.6 Å². The standard InChI is InChI=1S/C27H36N4O4/c1-29-27(28)31-25(32)14-12-19-11-13-23(24(17-19)35-16-6-15-34-2)21-9-5-10-22(18-21)30-26(33)20-7-3-4-8-20/h5,9-11,13,17-18,20H,3-4,6-8,12,14-16H2,1-2H3,(H,30,33)(H3,28,29,31,32). The number of amides is 2. The fraction of sp³-hybridized carbons (Fsp3) is 0.444. The fourth-order valence-corrected chi connectivity index (χ4v) is 4.18. The lowest BCUT2D eigenvalue weighted by Gasteiger charge is -2.15. The second-order valence-electron chi connectivity index (χ2n) is 8.73. The summed E-state index contributed by atoms with van der Waals surface area (Å²) in [7, 11) is 3.19. The number of carbonyl (C=O) groups is 2. The van der Waals surface area contributed by atoms with Gasteiger partial charge < -0.3 is 20.5 Å². The number of benzene rings is 2. The van der Waals surface area contributed by atoms with Crippen LogP contribution in [-0.2, 0) is 20.7 Å². The molecule has 0 heterocycles. The summed E-state index contributed by atoms with van der Waals surface area (Å²) in [5, 5.41) is 5.63. The van der Waals surface area contributed by atoms with E-state index < -0.39 is 0 Å². The van der Waals surface area contributed by atoms with Crippen LogP contribution < -0.4 is 21.1 Å². The van der Waals surface area contributed by atoms with Gasteiger partial charge in [0.1, 0.15) is 5.75 Å². The van der Waals surface area contributed by atoms with Crippen molar-refractivity contribution < 1.29 is 19.1 Å². The Bertz CT molecular complexity index is 1030. The van der Waals surface area contributed by atoms with Gasteiger partial charge in [-0.3, -0.25) is 19.9 Å². The molecule has 0 atom stereocenters. The average molecular weight is 481 g/mol. The van der Waals surface area contributed by atoms with Gasteiger partial charge in [-0.1, -0.05) is 37.1 Å². The molecule has 8 heteroatoms. The summed E-state index contributed by atoms with van der Waals surface area (Å²) in [4.78, 5) is 28.4. The maximum atomic E-state index is 12.6. The highest BCUT2D eigenvalue weighted by molar-refractivity contribution is 5.96. The van der Waals surface area contributed by atoms with Crippen LogP contribution in [0, 0.1) is 5.92 Å². The summed E-state index contributed by atoms with van der Waals surface area (Å²) in [6.07, 6.45) is 5.74. The van der Waals surface area contributed by atoms with Gasteiger partial charge in [-0.05, 0) is 48.6 Å². The molecule has 0 aliphatic heterocycles. The van der Waals surface area contributed by atoms with Crippen molar-refractivity contribution in [2.45, 2.75) is 44.9 Å². The first-order chi connectivity index (χ1) is 17.0. The Kier molecular flexibility index (Phi) is 10.1. The quantitative estimate of drug-likeness (QED) is 0.256. The normalized spacial score (nSPS) is 14.1. The van der Waals surface area contributed by atoms with Crippen molar-refractivity contribution in [1.29, 1.82) is 0 Å². The summed E-state index contributed by atoms with van der Waals surface area (Å²) < 4.78 is 11.3. The smallest absolute Gasteiger partial charge is 0.227 e. The lowest BCUT2D eigenvalue weighted by Crippen LogP contribution is -2.36. The molecule has 4 N–H and O–H groups in total. The molecule has 1 aliphatic carbocycles. The predicted octanol–water partition coefficient (Wildman–Crippen LogP) is 3.89. The van der Waals surface area contributed by atoms with Crippen LogP contribution in [0.1, 0.15) is 44.1 Å². The van der Waals surface area contributed by atoms with Gasteiger partial charge in [0, 0.05) is 50.8 Å². The molecule has 0 unspecified atom stereocenters. The third-order valence-corrected chi connectivity index (χ3v) is 6.11. The number of carbonyl (C=O) groups excluding carboxylic acids is 2. The van der Waals surface area contributed by atoms with Crippen LogP contribution in [-0.4, -0.2) is 45.1 Å². The van der Waals surface area contributed by atoms with Gasteiger partial charge in [0.05, 0.1) is 6.61 Å². The molecule has 0 saturated heterocycles. The molecule has 2 aromatic rings. The maximum absolute atomic E-state index is 12.6. The van der Waals surface area contributed by atoms with Crippen LogP contribution in [0.25, 0.3) is 11.1 Å². The van der Waals surface area contributed by atoms with Gasteiger partial charge in [-0.15, -0.1) is 0 Å². The summed E-state index contributed by atoms with van der Waals surface area (Å²) in [6, 6.07) is 13.8. The molecule has 0 aromatic heterocycles. The minimum Gasteiger partial charge on any atom is -0.493 e. The van der Waals surface area contributed by atoms with E-state index in [0.29, 0.717) is 19.6 Å². The van der Waals surface area contributed by atoms with Crippen LogP contribution in [0.2, 0.25) is 0 Å². The molecule has 8 nitrogen and oxygen atoms in total. The number of guanidine groups is 1. The van der Waals surface area contributed by atoms with E-state index in [1.54, 1.807) is 7.11 Å². The number of nitrogens with one attached hydrogen (secondary N) is 2.